The van der Waals surface area contributed by atoms with Crippen LogP contribution >= 0.6 is 0 Å². The van der Waals surface area contributed by atoms with Crippen molar-refractivity contribution < 1.29 is 4.79 Å². The fourth-order valence-corrected chi connectivity index (χ4v) is 0.719. The third-order valence-corrected chi connectivity index (χ3v) is 1.32. The zero-order chi connectivity index (χ0) is 8.10. The smallest absolute Gasteiger partial charge is 0.309 e. The average molecular weight is 150 g/mol. The Labute approximate surface area is 64.7 Å². The minimum atomic E-state index is -0.101. The van der Waals surface area contributed by atoms with Crippen molar-refractivity contribution in [2.75, 3.05) is 0 Å². The van der Waals surface area contributed by atoms with Crippen LogP contribution in [0.25, 0.3) is 0 Å². The topological polar surface area (TPSA) is 54.9 Å². The maximum Gasteiger partial charge on any atom is 0.309 e. The molecule has 0 saturated carbocycles. The molecule has 11 heavy (non-hydrogen) atoms. The summed E-state index contributed by atoms with van der Waals surface area (Å²) < 4.78 is 0. The first-order chi connectivity index (χ1) is 5.34. The lowest BCUT2D eigenvalue weighted by Crippen LogP contribution is -2.16. The van der Waals surface area contributed by atoms with Crippen molar-refractivity contribution in [2.24, 2.45) is 0 Å². The van der Waals surface area contributed by atoms with Crippen LogP contribution in [0.3, 0.4) is 0 Å². The van der Waals surface area contributed by atoms with Crippen LogP contribution in [0, 0.1) is 0 Å². The highest BCUT2D eigenvalue weighted by Crippen LogP contribution is 2.04. The predicted octanol–water partition coefficient (Wildman–Crippen LogP) is 0.194. The fourth-order valence-electron chi connectivity index (χ4n) is 0.719. The van der Waals surface area contributed by atoms with Crippen LogP contribution in [-0.4, -0.2) is 16.4 Å². The van der Waals surface area contributed by atoms with Crippen LogP contribution in [0.5, 0.6) is 0 Å². The molecule has 57 valence electrons. The summed E-state index contributed by atoms with van der Waals surface area (Å²) in [5.74, 6) is 0. The van der Waals surface area contributed by atoms with Crippen molar-refractivity contribution in [1.82, 2.24) is 15.3 Å². The fraction of sp³-hybridized carbons (Fsp3) is 0.286. The van der Waals surface area contributed by atoms with Crippen molar-refractivity contribution in [2.45, 2.75) is 13.0 Å². The predicted molar refractivity (Wildman–Crippen MR) is 39.3 cm³/mol. The highest BCUT2D eigenvalue weighted by atomic mass is 16.1. The van der Waals surface area contributed by atoms with E-state index in [1.165, 1.54) is 6.33 Å². The molecular formula is C7H8N3O. The number of hydrogen-bond acceptors (Lipinski definition) is 3. The van der Waals surface area contributed by atoms with E-state index in [2.05, 4.69) is 15.3 Å². The molecule has 0 fully saturated rings. The molecule has 1 aromatic heterocycles. The van der Waals surface area contributed by atoms with Crippen molar-refractivity contribution in [1.29, 1.82) is 0 Å². The first-order valence-electron chi connectivity index (χ1n) is 3.23. The van der Waals surface area contributed by atoms with Crippen molar-refractivity contribution in [3.8, 4) is 0 Å². The molecule has 1 rings (SSSR count). The molecule has 0 bridgehead atoms. The van der Waals surface area contributed by atoms with E-state index in [0.29, 0.717) is 0 Å². The van der Waals surface area contributed by atoms with Crippen molar-refractivity contribution >= 4 is 6.41 Å². The Balaban J connectivity index is 2.68. The molecule has 0 aliphatic heterocycles. The van der Waals surface area contributed by atoms with Gasteiger partial charge in [0.05, 0.1) is 11.7 Å². The molecule has 0 aliphatic rings. The van der Waals surface area contributed by atoms with E-state index in [4.69, 9.17) is 0 Å². The van der Waals surface area contributed by atoms with Gasteiger partial charge in [0, 0.05) is 6.20 Å². The van der Waals surface area contributed by atoms with Gasteiger partial charge in [-0.05, 0) is 13.0 Å². The summed E-state index contributed by atoms with van der Waals surface area (Å²) in [5.41, 5.74) is 0.781. The molecule has 4 nitrogen and oxygen atoms in total. The van der Waals surface area contributed by atoms with Gasteiger partial charge in [-0.3, -0.25) is 4.79 Å². The number of amides is 1. The number of rotatable bonds is 3. The van der Waals surface area contributed by atoms with Crippen LogP contribution < -0.4 is 5.32 Å². The maximum absolute atomic E-state index is 9.91. The standard InChI is InChI=1S/C7H8N3O/c1-6(10-5-11)7-2-3-8-4-9-7/h2-4,6H,1H3,(H,10,11). The molecule has 1 aromatic rings. The number of nitrogens with one attached hydrogen (secondary N) is 1. The van der Waals surface area contributed by atoms with Crippen LogP contribution in [0.4, 0.5) is 0 Å². The Morgan fingerprint density at radius 3 is 3.09 bits per heavy atom. The molecule has 1 N–H and O–H groups in total. The number of carbonyl (C=O) groups excluding carboxylic acids is 1. The molecule has 0 saturated heterocycles. The Bertz CT molecular complexity index is 224. The normalized spacial score (nSPS) is 12.1. The summed E-state index contributed by atoms with van der Waals surface area (Å²) >= 11 is 0. The summed E-state index contributed by atoms with van der Waals surface area (Å²) in [7, 11) is 0. The summed E-state index contributed by atoms with van der Waals surface area (Å²) in [6.07, 6.45) is 4.68. The number of nitrogens with zero attached hydrogens (tertiary/aromatic N) is 2. The lowest BCUT2D eigenvalue weighted by molar-refractivity contribution is 0.527. The first kappa shape index (κ1) is 7.65. The van der Waals surface area contributed by atoms with Gasteiger partial charge in [0.2, 0.25) is 0 Å². The number of aromatic nitrogens is 2. The van der Waals surface area contributed by atoms with Crippen LogP contribution in [0.1, 0.15) is 18.7 Å². The molecule has 0 aliphatic carbocycles. The molecular weight excluding hydrogens is 142 g/mol. The van der Waals surface area contributed by atoms with Crippen molar-refractivity contribution in [3.05, 3.63) is 24.3 Å². The lowest BCUT2D eigenvalue weighted by Gasteiger charge is -2.06. The SMILES string of the molecule is CC(N[C]=O)c1ccncn1. The number of hydrogen-bond donors (Lipinski definition) is 1. The third kappa shape index (κ3) is 2.00. The van der Waals surface area contributed by atoms with Crippen LogP contribution in [0.2, 0.25) is 0 Å². The minimum absolute atomic E-state index is 0.101. The summed E-state index contributed by atoms with van der Waals surface area (Å²) in [6, 6.07) is 1.64. The highest BCUT2D eigenvalue weighted by Gasteiger charge is 2.02. The molecule has 1 amide bonds. The second-order valence-corrected chi connectivity index (χ2v) is 2.10. The second kappa shape index (κ2) is 3.65. The zero-order valence-corrected chi connectivity index (χ0v) is 6.11. The molecule has 0 aromatic carbocycles. The van der Waals surface area contributed by atoms with Crippen molar-refractivity contribution in [3.63, 3.8) is 0 Å². The molecule has 1 unspecified atom stereocenters. The first-order valence-corrected chi connectivity index (χ1v) is 3.23. The third-order valence-electron chi connectivity index (χ3n) is 1.32. The van der Waals surface area contributed by atoms with Gasteiger partial charge in [0.25, 0.3) is 0 Å². The van der Waals surface area contributed by atoms with E-state index in [1.54, 1.807) is 18.7 Å². The molecule has 1 radical (unpaired) electrons. The molecule has 1 heterocycles. The quantitative estimate of drug-likeness (QED) is 0.626. The average Bonchev–Trinajstić information content (AvgIpc) is 2.07. The van der Waals surface area contributed by atoms with Gasteiger partial charge < -0.3 is 5.32 Å². The minimum Gasteiger partial charge on any atom is -0.340 e. The second-order valence-electron chi connectivity index (χ2n) is 2.10. The van der Waals surface area contributed by atoms with Gasteiger partial charge in [-0.25, -0.2) is 9.97 Å². The highest BCUT2D eigenvalue weighted by molar-refractivity contribution is 5.48. The summed E-state index contributed by atoms with van der Waals surface area (Å²) in [5, 5.41) is 2.47. The summed E-state index contributed by atoms with van der Waals surface area (Å²) in [6.45, 7) is 1.83. The Hall–Kier alpha value is -1.45. The monoisotopic (exact) mass is 150 g/mol. The van der Waals surface area contributed by atoms with Gasteiger partial charge in [0.1, 0.15) is 6.33 Å². The van der Waals surface area contributed by atoms with Gasteiger partial charge in [-0.2, -0.15) is 0 Å². The van der Waals surface area contributed by atoms with Gasteiger partial charge in [-0.1, -0.05) is 0 Å². The van der Waals surface area contributed by atoms with Gasteiger partial charge in [-0.15, -0.1) is 0 Å². The maximum atomic E-state index is 9.91. The van der Waals surface area contributed by atoms with Crippen LogP contribution in [0.15, 0.2) is 18.6 Å². The Morgan fingerprint density at radius 2 is 2.55 bits per heavy atom. The van der Waals surface area contributed by atoms with E-state index in [0.717, 1.165) is 5.69 Å². The van der Waals surface area contributed by atoms with E-state index < -0.39 is 0 Å². The van der Waals surface area contributed by atoms with Crippen LogP contribution in [-0.2, 0) is 4.79 Å². The van der Waals surface area contributed by atoms with E-state index in [1.807, 2.05) is 6.92 Å². The van der Waals surface area contributed by atoms with E-state index >= 15 is 0 Å². The Kier molecular flexibility index (Phi) is 2.54. The largest absolute Gasteiger partial charge is 0.340 e. The van der Waals surface area contributed by atoms with Gasteiger partial charge >= 0.3 is 6.41 Å². The molecule has 0 spiro atoms. The van der Waals surface area contributed by atoms with E-state index in [9.17, 15) is 4.79 Å². The zero-order valence-electron chi connectivity index (χ0n) is 6.11. The lowest BCUT2D eigenvalue weighted by atomic mass is 10.2. The van der Waals surface area contributed by atoms with Gasteiger partial charge in [0.15, 0.2) is 0 Å². The molecule has 1 atom stereocenters. The summed E-state index contributed by atoms with van der Waals surface area (Å²) in [4.78, 5) is 17.6. The molecule has 4 heteroatoms. The van der Waals surface area contributed by atoms with E-state index in [-0.39, 0.29) is 6.04 Å². The Morgan fingerprint density at radius 1 is 1.73 bits per heavy atom.